The number of thiazole rings is 1. The smallest absolute Gasteiger partial charge is 0.274 e. The molecule has 1 amide bonds. The molecule has 0 radical (unpaired) electrons. The molecule has 0 saturated carbocycles. The number of benzene rings is 1. The van der Waals surface area contributed by atoms with Gasteiger partial charge in [0.15, 0.2) is 5.69 Å². The van der Waals surface area contributed by atoms with Crippen molar-refractivity contribution in [3.63, 3.8) is 0 Å². The average molecular weight is 386 g/mol. The van der Waals surface area contributed by atoms with E-state index in [1.807, 2.05) is 43.1 Å². The van der Waals surface area contributed by atoms with Crippen molar-refractivity contribution in [1.29, 1.82) is 0 Å². The summed E-state index contributed by atoms with van der Waals surface area (Å²) in [6.07, 6.45) is 1.65. The maximum absolute atomic E-state index is 12.6. The van der Waals surface area contributed by atoms with Gasteiger partial charge in [-0.1, -0.05) is 11.3 Å². The lowest BCUT2D eigenvalue weighted by Gasteiger charge is -2.31. The van der Waals surface area contributed by atoms with Crippen LogP contribution in [0.2, 0.25) is 0 Å². The Hall–Kier alpha value is -2.61. The van der Waals surface area contributed by atoms with Crippen LogP contribution < -0.4 is 9.47 Å². The van der Waals surface area contributed by atoms with E-state index in [0.717, 1.165) is 34.5 Å². The molecule has 27 heavy (non-hydrogen) atoms. The number of hydrogen-bond acceptors (Lipinski definition) is 6. The monoisotopic (exact) mass is 386 g/mol. The van der Waals surface area contributed by atoms with E-state index in [1.165, 1.54) is 11.3 Å². The number of nitrogens with zero attached hydrogens (tertiary/aromatic N) is 4. The highest BCUT2D eigenvalue weighted by Crippen LogP contribution is 2.32. The molecule has 4 rings (SSSR count). The fourth-order valence-corrected chi connectivity index (χ4v) is 4.12. The summed E-state index contributed by atoms with van der Waals surface area (Å²) in [6, 6.07) is 7.64. The molecule has 0 N–H and O–H groups in total. The van der Waals surface area contributed by atoms with Crippen LogP contribution in [0.1, 0.15) is 29.0 Å². The Kier molecular flexibility index (Phi) is 4.73. The Morgan fingerprint density at radius 2 is 2.04 bits per heavy atom. The molecule has 0 atom stereocenters. The molecular weight excluding hydrogens is 364 g/mol. The van der Waals surface area contributed by atoms with Crippen LogP contribution in [0, 0.1) is 6.92 Å². The highest BCUT2D eigenvalue weighted by molar-refractivity contribution is 7.20. The molecule has 0 aliphatic carbocycles. The normalized spacial score (nSPS) is 15.3. The van der Waals surface area contributed by atoms with Crippen LogP contribution in [-0.2, 0) is 7.05 Å². The summed E-state index contributed by atoms with van der Waals surface area (Å²) in [4.78, 5) is 19.0. The third kappa shape index (κ3) is 3.62. The number of methoxy groups -OCH3 is 1. The van der Waals surface area contributed by atoms with E-state index in [1.54, 1.807) is 11.8 Å². The summed E-state index contributed by atoms with van der Waals surface area (Å²) in [6.45, 7) is 3.27. The minimum Gasteiger partial charge on any atom is -0.497 e. The quantitative estimate of drug-likeness (QED) is 0.689. The standard InChI is InChI=1S/C19H22N4O3S/c1-12-10-16(21-22(12)2)18(24)23-8-6-13(7-9-23)26-19-20-15-5-4-14(25-3)11-17(15)27-19/h4-5,10-11,13H,6-9H2,1-3H3. The number of carbonyl (C=O) groups is 1. The van der Waals surface area contributed by atoms with Gasteiger partial charge in [0, 0.05) is 38.7 Å². The lowest BCUT2D eigenvalue weighted by atomic mass is 10.1. The van der Waals surface area contributed by atoms with Crippen LogP contribution in [-0.4, -0.2) is 51.9 Å². The first-order valence-corrected chi connectivity index (χ1v) is 9.76. The van der Waals surface area contributed by atoms with Gasteiger partial charge in [0.25, 0.3) is 11.1 Å². The van der Waals surface area contributed by atoms with Gasteiger partial charge in [0.1, 0.15) is 11.9 Å². The number of hydrogen-bond donors (Lipinski definition) is 0. The fraction of sp³-hybridized carbons (Fsp3) is 0.421. The Morgan fingerprint density at radius 1 is 1.26 bits per heavy atom. The van der Waals surface area contributed by atoms with E-state index >= 15 is 0 Å². The lowest BCUT2D eigenvalue weighted by Crippen LogP contribution is -2.42. The second-order valence-electron chi connectivity index (χ2n) is 6.72. The number of ether oxygens (including phenoxy) is 2. The van der Waals surface area contributed by atoms with Gasteiger partial charge in [0.05, 0.1) is 17.3 Å². The minimum absolute atomic E-state index is 0.00997. The fourth-order valence-electron chi connectivity index (χ4n) is 3.21. The molecule has 2 aromatic heterocycles. The predicted octanol–water partition coefficient (Wildman–Crippen LogP) is 3.03. The molecule has 1 aliphatic heterocycles. The molecule has 1 aromatic carbocycles. The van der Waals surface area contributed by atoms with Crippen LogP contribution in [0.15, 0.2) is 24.3 Å². The number of rotatable bonds is 4. The Bertz CT molecular complexity index is 953. The molecule has 1 aliphatic rings. The van der Waals surface area contributed by atoms with Crippen LogP contribution in [0.3, 0.4) is 0 Å². The van der Waals surface area contributed by atoms with Gasteiger partial charge in [-0.3, -0.25) is 9.48 Å². The molecule has 7 nitrogen and oxygen atoms in total. The van der Waals surface area contributed by atoms with Crippen molar-refractivity contribution in [3.8, 4) is 10.9 Å². The predicted molar refractivity (Wildman–Crippen MR) is 104 cm³/mol. The van der Waals surface area contributed by atoms with E-state index in [4.69, 9.17) is 9.47 Å². The Labute approximate surface area is 161 Å². The first-order valence-electron chi connectivity index (χ1n) is 8.94. The molecular formula is C19H22N4O3S. The molecule has 1 saturated heterocycles. The maximum atomic E-state index is 12.6. The molecule has 3 heterocycles. The van der Waals surface area contributed by atoms with Crippen molar-refractivity contribution in [3.05, 3.63) is 35.7 Å². The average Bonchev–Trinajstić information content (AvgIpc) is 3.23. The number of amides is 1. The van der Waals surface area contributed by atoms with Crippen molar-refractivity contribution < 1.29 is 14.3 Å². The molecule has 0 bridgehead atoms. The Balaban J connectivity index is 1.37. The van der Waals surface area contributed by atoms with Gasteiger partial charge in [-0.05, 0) is 31.2 Å². The van der Waals surface area contributed by atoms with Gasteiger partial charge in [0.2, 0.25) is 0 Å². The van der Waals surface area contributed by atoms with Crippen molar-refractivity contribution in [2.75, 3.05) is 20.2 Å². The summed E-state index contributed by atoms with van der Waals surface area (Å²) in [5.74, 6) is 0.804. The summed E-state index contributed by atoms with van der Waals surface area (Å²) in [5.41, 5.74) is 2.40. The number of aryl methyl sites for hydroxylation is 2. The third-order valence-electron chi connectivity index (χ3n) is 4.91. The van der Waals surface area contributed by atoms with Crippen LogP contribution in [0.25, 0.3) is 10.2 Å². The zero-order chi connectivity index (χ0) is 19.0. The van der Waals surface area contributed by atoms with Crippen LogP contribution in [0.4, 0.5) is 0 Å². The number of likely N-dealkylation sites (tertiary alicyclic amines) is 1. The highest BCUT2D eigenvalue weighted by Gasteiger charge is 2.26. The van der Waals surface area contributed by atoms with Crippen molar-refractivity contribution in [2.24, 2.45) is 7.05 Å². The zero-order valence-electron chi connectivity index (χ0n) is 15.6. The summed E-state index contributed by atoms with van der Waals surface area (Å²) < 4.78 is 14.1. The summed E-state index contributed by atoms with van der Waals surface area (Å²) >= 11 is 1.52. The summed E-state index contributed by atoms with van der Waals surface area (Å²) in [5, 5.41) is 4.96. The SMILES string of the molecule is COc1ccc2nc(OC3CCN(C(=O)c4cc(C)n(C)n4)CC3)sc2c1. The van der Waals surface area contributed by atoms with Gasteiger partial charge in [-0.25, -0.2) is 4.98 Å². The largest absolute Gasteiger partial charge is 0.497 e. The Morgan fingerprint density at radius 3 is 2.70 bits per heavy atom. The van der Waals surface area contributed by atoms with Crippen LogP contribution in [0.5, 0.6) is 10.9 Å². The second kappa shape index (κ2) is 7.19. The highest BCUT2D eigenvalue weighted by atomic mass is 32.1. The lowest BCUT2D eigenvalue weighted by molar-refractivity contribution is 0.0589. The number of aromatic nitrogens is 3. The summed E-state index contributed by atoms with van der Waals surface area (Å²) in [7, 11) is 3.50. The van der Waals surface area contributed by atoms with Gasteiger partial charge >= 0.3 is 0 Å². The van der Waals surface area contributed by atoms with Gasteiger partial charge in [-0.2, -0.15) is 5.10 Å². The molecule has 0 spiro atoms. The number of fused-ring (bicyclic) bond motifs is 1. The molecule has 142 valence electrons. The zero-order valence-corrected chi connectivity index (χ0v) is 16.5. The third-order valence-corrected chi connectivity index (χ3v) is 5.81. The van der Waals surface area contributed by atoms with Crippen molar-refractivity contribution in [2.45, 2.75) is 25.9 Å². The second-order valence-corrected chi connectivity index (χ2v) is 7.71. The topological polar surface area (TPSA) is 69.5 Å². The minimum atomic E-state index is -0.00997. The van der Waals surface area contributed by atoms with E-state index < -0.39 is 0 Å². The molecule has 0 unspecified atom stereocenters. The molecule has 1 fully saturated rings. The van der Waals surface area contributed by atoms with E-state index in [2.05, 4.69) is 10.1 Å². The van der Waals surface area contributed by atoms with E-state index in [-0.39, 0.29) is 12.0 Å². The molecule has 8 heteroatoms. The van der Waals surface area contributed by atoms with Crippen LogP contribution >= 0.6 is 11.3 Å². The van der Waals surface area contributed by atoms with E-state index in [0.29, 0.717) is 24.0 Å². The molecule has 3 aromatic rings. The van der Waals surface area contributed by atoms with Crippen molar-refractivity contribution in [1.82, 2.24) is 19.7 Å². The number of carbonyl (C=O) groups excluding carboxylic acids is 1. The van der Waals surface area contributed by atoms with E-state index in [9.17, 15) is 4.79 Å². The van der Waals surface area contributed by atoms with Gasteiger partial charge in [-0.15, -0.1) is 0 Å². The maximum Gasteiger partial charge on any atom is 0.274 e. The van der Waals surface area contributed by atoms with Crippen molar-refractivity contribution >= 4 is 27.5 Å². The first-order chi connectivity index (χ1) is 13.0. The first kappa shape index (κ1) is 17.8. The number of piperidine rings is 1. The van der Waals surface area contributed by atoms with Gasteiger partial charge < -0.3 is 14.4 Å².